The number of nitrogens with zero attached hydrogens (tertiary/aromatic N) is 2. The number of hydrogen-bond donors (Lipinski definition) is 2. The van der Waals surface area contributed by atoms with Crippen molar-refractivity contribution in [3.8, 4) is 0 Å². The molecule has 0 bridgehead atoms. The van der Waals surface area contributed by atoms with Crippen molar-refractivity contribution in [1.82, 2.24) is 20.2 Å². The van der Waals surface area contributed by atoms with Gasteiger partial charge in [0.2, 0.25) is 0 Å². The van der Waals surface area contributed by atoms with E-state index in [-0.39, 0.29) is 29.4 Å². The summed E-state index contributed by atoms with van der Waals surface area (Å²) in [4.78, 5) is 35.8. The first-order valence-corrected chi connectivity index (χ1v) is 12.9. The van der Waals surface area contributed by atoms with Crippen molar-refractivity contribution in [3.05, 3.63) is 102 Å². The van der Waals surface area contributed by atoms with Crippen molar-refractivity contribution in [2.24, 2.45) is 0 Å². The van der Waals surface area contributed by atoms with E-state index in [0.717, 1.165) is 29.3 Å². The Hall–Kier alpha value is -3.97. The maximum Gasteiger partial charge on any atom is 0.253 e. The number of aromatic nitrogens is 2. The van der Waals surface area contributed by atoms with E-state index in [1.165, 1.54) is 5.56 Å². The highest BCUT2D eigenvalue weighted by molar-refractivity contribution is 5.98. The van der Waals surface area contributed by atoms with Gasteiger partial charge in [-0.25, -0.2) is 0 Å². The quantitative estimate of drug-likeness (QED) is 0.424. The van der Waals surface area contributed by atoms with Gasteiger partial charge in [-0.3, -0.25) is 14.6 Å². The number of pyridine rings is 1. The van der Waals surface area contributed by atoms with Crippen LogP contribution >= 0.6 is 0 Å². The molecule has 37 heavy (non-hydrogen) atoms. The van der Waals surface area contributed by atoms with E-state index >= 15 is 0 Å². The number of carbonyl (C=O) groups is 2. The predicted octanol–water partition coefficient (Wildman–Crippen LogP) is 4.63. The Labute approximate surface area is 215 Å². The fraction of sp³-hybridized carbons (Fsp3) is 0.300. The highest BCUT2D eigenvalue weighted by atomic mass is 16.5. The van der Waals surface area contributed by atoms with Crippen LogP contribution in [-0.4, -0.2) is 52.5 Å². The summed E-state index contributed by atoms with van der Waals surface area (Å²) in [5.74, 6) is -0.110. The van der Waals surface area contributed by atoms with Gasteiger partial charge >= 0.3 is 0 Å². The van der Waals surface area contributed by atoms with Gasteiger partial charge in [-0.05, 0) is 67.3 Å². The van der Waals surface area contributed by atoms with Crippen LogP contribution in [-0.2, 0) is 10.2 Å². The Balaban J connectivity index is 1.27. The lowest BCUT2D eigenvalue weighted by Gasteiger charge is -2.44. The van der Waals surface area contributed by atoms with E-state index in [1.54, 1.807) is 24.5 Å². The van der Waals surface area contributed by atoms with Crippen LogP contribution in [0, 0.1) is 0 Å². The zero-order valence-electron chi connectivity index (χ0n) is 20.8. The molecule has 1 fully saturated rings. The number of fused-ring (bicyclic) bond motifs is 3. The topological polar surface area (TPSA) is 87.3 Å². The lowest BCUT2D eigenvalue weighted by Crippen LogP contribution is -2.52. The molecule has 7 heteroatoms. The van der Waals surface area contributed by atoms with Crippen LogP contribution in [0.4, 0.5) is 0 Å². The molecule has 7 nitrogen and oxygen atoms in total. The number of likely N-dealkylation sites (tertiary alicyclic amines) is 1. The molecule has 2 aromatic heterocycles. The van der Waals surface area contributed by atoms with E-state index in [2.05, 4.69) is 33.5 Å². The number of H-pyrrole nitrogens is 1. The average molecular weight is 495 g/mol. The van der Waals surface area contributed by atoms with Crippen LogP contribution < -0.4 is 5.32 Å². The number of nitrogens with one attached hydrogen (secondary N) is 2. The van der Waals surface area contributed by atoms with E-state index in [4.69, 9.17) is 4.74 Å². The third-order valence-corrected chi connectivity index (χ3v) is 7.98. The molecule has 2 aromatic carbocycles. The molecule has 2 amide bonds. The minimum Gasteiger partial charge on any atom is -0.375 e. The summed E-state index contributed by atoms with van der Waals surface area (Å²) in [5, 5.41) is 4.28. The lowest BCUT2D eigenvalue weighted by atomic mass is 9.71. The van der Waals surface area contributed by atoms with Gasteiger partial charge < -0.3 is 19.9 Å². The summed E-state index contributed by atoms with van der Waals surface area (Å²) in [7, 11) is 0. The van der Waals surface area contributed by atoms with Gasteiger partial charge in [-0.1, -0.05) is 24.3 Å². The van der Waals surface area contributed by atoms with Crippen molar-refractivity contribution < 1.29 is 14.3 Å². The highest BCUT2D eigenvalue weighted by Crippen LogP contribution is 2.52. The number of amides is 2. The number of hydrogen-bond acceptors (Lipinski definition) is 4. The number of rotatable bonds is 5. The van der Waals surface area contributed by atoms with Gasteiger partial charge in [0.25, 0.3) is 11.8 Å². The molecule has 188 valence electrons. The van der Waals surface area contributed by atoms with Crippen LogP contribution in [0.2, 0.25) is 0 Å². The van der Waals surface area contributed by atoms with E-state index in [1.807, 2.05) is 48.4 Å². The number of ether oxygens (including phenoxy) is 1. The van der Waals surface area contributed by atoms with Crippen LogP contribution in [0.25, 0.3) is 10.9 Å². The first kappa shape index (κ1) is 23.4. The van der Waals surface area contributed by atoms with Gasteiger partial charge in [-0.2, -0.15) is 0 Å². The SMILES string of the molecule is CCO[C@H]1[C@H](NC(=O)c2cccnc2)c2ccccc2C12CCN(C(=O)c1ccc3[nH]ccc3c1)CC2. The molecule has 4 aromatic rings. The van der Waals surface area contributed by atoms with Gasteiger partial charge in [0, 0.05) is 60.2 Å². The molecule has 1 saturated heterocycles. The Kier molecular flexibility index (Phi) is 6.00. The van der Waals surface area contributed by atoms with Crippen molar-refractivity contribution >= 4 is 22.7 Å². The molecule has 2 atom stereocenters. The molecule has 0 radical (unpaired) electrons. The molecule has 2 N–H and O–H groups in total. The summed E-state index contributed by atoms with van der Waals surface area (Å²) in [6.07, 6.45) is 6.45. The number of carbonyl (C=O) groups excluding carboxylic acids is 2. The fourth-order valence-corrected chi connectivity index (χ4v) is 6.20. The molecule has 1 spiro atoms. The molecule has 1 aliphatic carbocycles. The first-order chi connectivity index (χ1) is 18.1. The van der Waals surface area contributed by atoms with Crippen molar-refractivity contribution in [1.29, 1.82) is 0 Å². The van der Waals surface area contributed by atoms with E-state index in [0.29, 0.717) is 30.8 Å². The van der Waals surface area contributed by atoms with Crippen molar-refractivity contribution in [3.63, 3.8) is 0 Å². The maximum atomic E-state index is 13.4. The average Bonchev–Trinajstić information content (AvgIpc) is 3.51. The fourth-order valence-electron chi connectivity index (χ4n) is 6.20. The lowest BCUT2D eigenvalue weighted by molar-refractivity contribution is -0.0305. The summed E-state index contributed by atoms with van der Waals surface area (Å²) in [6.45, 7) is 3.79. The number of benzene rings is 2. The third kappa shape index (κ3) is 4.00. The first-order valence-electron chi connectivity index (χ1n) is 12.9. The van der Waals surface area contributed by atoms with Gasteiger partial charge in [-0.15, -0.1) is 0 Å². The Morgan fingerprint density at radius 2 is 1.92 bits per heavy atom. The summed E-state index contributed by atoms with van der Waals surface area (Å²) >= 11 is 0. The Bertz CT molecular complexity index is 1440. The maximum absolute atomic E-state index is 13.4. The zero-order valence-corrected chi connectivity index (χ0v) is 20.8. The second-order valence-corrected chi connectivity index (χ2v) is 9.88. The third-order valence-electron chi connectivity index (χ3n) is 7.98. The monoisotopic (exact) mass is 494 g/mol. The van der Waals surface area contributed by atoms with E-state index in [9.17, 15) is 9.59 Å². The summed E-state index contributed by atoms with van der Waals surface area (Å²) in [6, 6.07) is 19.4. The van der Waals surface area contributed by atoms with Crippen molar-refractivity contribution in [2.75, 3.05) is 19.7 Å². The molecule has 1 aliphatic heterocycles. The van der Waals surface area contributed by atoms with Crippen LogP contribution in [0.1, 0.15) is 57.7 Å². The number of aromatic amines is 1. The van der Waals surface area contributed by atoms with Crippen LogP contribution in [0.3, 0.4) is 0 Å². The summed E-state index contributed by atoms with van der Waals surface area (Å²) < 4.78 is 6.41. The number of piperidine rings is 1. The molecule has 3 heterocycles. The van der Waals surface area contributed by atoms with Crippen molar-refractivity contribution in [2.45, 2.75) is 37.3 Å². The minimum absolute atomic E-state index is 0.0543. The Morgan fingerprint density at radius 1 is 1.08 bits per heavy atom. The smallest absolute Gasteiger partial charge is 0.253 e. The minimum atomic E-state index is -0.277. The van der Waals surface area contributed by atoms with Gasteiger partial charge in [0.15, 0.2) is 0 Å². The Morgan fingerprint density at radius 3 is 2.70 bits per heavy atom. The normalized spacial score (nSPS) is 20.2. The molecule has 6 rings (SSSR count). The largest absolute Gasteiger partial charge is 0.375 e. The summed E-state index contributed by atoms with van der Waals surface area (Å²) in [5.41, 5.74) is 4.28. The van der Waals surface area contributed by atoms with Crippen LogP contribution in [0.15, 0.2) is 79.3 Å². The predicted molar refractivity (Wildman–Crippen MR) is 141 cm³/mol. The molecule has 2 aliphatic rings. The second kappa shape index (κ2) is 9.48. The van der Waals surface area contributed by atoms with E-state index < -0.39 is 0 Å². The van der Waals surface area contributed by atoms with Gasteiger partial charge in [0.1, 0.15) is 0 Å². The van der Waals surface area contributed by atoms with Crippen LogP contribution in [0.5, 0.6) is 0 Å². The highest BCUT2D eigenvalue weighted by Gasteiger charge is 2.54. The standard InChI is InChI=1S/C30H30N4O3/c1-2-37-27-26(33-28(35)22-6-5-14-31-19-22)23-7-3-4-8-24(23)30(27)12-16-34(17-13-30)29(36)21-9-10-25-20(18-21)11-15-32-25/h3-11,14-15,18-19,26-27,32H,2,12-13,16-17H2,1H3,(H,33,35)/t26-,27+/m1/s1. The molecular weight excluding hydrogens is 464 g/mol. The van der Waals surface area contributed by atoms with Gasteiger partial charge in [0.05, 0.1) is 17.7 Å². The zero-order chi connectivity index (χ0) is 25.4. The molecule has 0 saturated carbocycles. The molecular formula is C30H30N4O3. The molecule has 0 unspecified atom stereocenters. The second-order valence-electron chi connectivity index (χ2n) is 9.88.